The zero-order valence-electron chi connectivity index (χ0n) is 6.79. The number of nitrogens with two attached hydrogens (primary N) is 1. The molecule has 1 aromatic carbocycles. The van der Waals surface area contributed by atoms with Crippen molar-refractivity contribution >= 4 is 21.4 Å². The molecule has 2 aromatic rings. The summed E-state index contributed by atoms with van der Waals surface area (Å²) in [7, 11) is 0. The molecule has 2 heteroatoms. The Bertz CT molecular complexity index is 378. The molecule has 0 bridgehead atoms. The number of rotatable bonds is 2. The molecule has 0 unspecified atom stereocenters. The highest BCUT2D eigenvalue weighted by Gasteiger charge is 2.00. The van der Waals surface area contributed by atoms with E-state index in [1.807, 2.05) is 0 Å². The van der Waals surface area contributed by atoms with Crippen LogP contribution in [0.3, 0.4) is 0 Å². The third-order valence-electron chi connectivity index (χ3n) is 1.97. The van der Waals surface area contributed by atoms with Crippen LogP contribution in [-0.2, 0) is 6.42 Å². The van der Waals surface area contributed by atoms with Gasteiger partial charge in [-0.15, -0.1) is 11.3 Å². The van der Waals surface area contributed by atoms with E-state index >= 15 is 0 Å². The largest absolute Gasteiger partial charge is 0.330 e. The van der Waals surface area contributed by atoms with Gasteiger partial charge in [-0.3, -0.25) is 0 Å². The van der Waals surface area contributed by atoms with E-state index < -0.39 is 0 Å². The summed E-state index contributed by atoms with van der Waals surface area (Å²) in [5.74, 6) is 0. The molecule has 0 saturated carbocycles. The van der Waals surface area contributed by atoms with Gasteiger partial charge in [-0.1, -0.05) is 25.6 Å². The fourth-order valence-corrected chi connectivity index (χ4v) is 2.38. The van der Waals surface area contributed by atoms with Crippen LogP contribution in [0.5, 0.6) is 0 Å². The van der Waals surface area contributed by atoms with Gasteiger partial charge in [-0.2, -0.15) is 0 Å². The summed E-state index contributed by atoms with van der Waals surface area (Å²) in [6.45, 7) is 0.737. The van der Waals surface area contributed by atoms with Crippen LogP contribution in [0.2, 0.25) is 0 Å². The average Bonchev–Trinajstić information content (AvgIpc) is 2.50. The molecule has 0 amide bonds. The molecule has 1 heterocycles. The first-order valence-corrected chi connectivity index (χ1v) is 4.95. The molecule has 0 aliphatic rings. The number of fused-ring (bicyclic) bond motifs is 1. The SMILES string of the molecule is C.NCCc1csc2ccccc12. The first-order valence-electron chi connectivity index (χ1n) is 4.07. The summed E-state index contributed by atoms with van der Waals surface area (Å²) >= 11 is 1.80. The van der Waals surface area contributed by atoms with Gasteiger partial charge in [0.2, 0.25) is 0 Å². The standard InChI is InChI=1S/C10H11NS.CH4/c11-6-5-8-7-12-10-4-2-1-3-9(8)10;/h1-4,7H,5-6,11H2;1H4. The van der Waals surface area contributed by atoms with Crippen LogP contribution in [0.1, 0.15) is 13.0 Å². The molecule has 0 fully saturated rings. The first kappa shape index (κ1) is 10.2. The van der Waals surface area contributed by atoms with Crippen molar-refractivity contribution in [2.45, 2.75) is 13.8 Å². The topological polar surface area (TPSA) is 26.0 Å². The molecule has 0 saturated heterocycles. The van der Waals surface area contributed by atoms with Gasteiger partial charge in [0.1, 0.15) is 0 Å². The normalized spacial score (nSPS) is 9.92. The fraction of sp³-hybridized carbons (Fsp3) is 0.273. The Hall–Kier alpha value is -0.860. The van der Waals surface area contributed by atoms with Crippen molar-refractivity contribution < 1.29 is 0 Å². The van der Waals surface area contributed by atoms with Crippen molar-refractivity contribution in [1.29, 1.82) is 0 Å². The molecule has 13 heavy (non-hydrogen) atoms. The maximum atomic E-state index is 5.52. The second-order valence-electron chi connectivity index (χ2n) is 2.80. The molecule has 0 aliphatic heterocycles. The lowest BCUT2D eigenvalue weighted by Gasteiger charge is -1.94. The van der Waals surface area contributed by atoms with Crippen LogP contribution < -0.4 is 5.73 Å². The maximum absolute atomic E-state index is 5.52. The van der Waals surface area contributed by atoms with Crippen LogP contribution >= 0.6 is 11.3 Å². The van der Waals surface area contributed by atoms with Crippen LogP contribution in [0.4, 0.5) is 0 Å². The molecule has 0 aliphatic carbocycles. The number of hydrogen-bond acceptors (Lipinski definition) is 2. The van der Waals surface area contributed by atoms with Gasteiger partial charge in [0, 0.05) is 4.70 Å². The summed E-state index contributed by atoms with van der Waals surface area (Å²) in [4.78, 5) is 0. The van der Waals surface area contributed by atoms with Crippen LogP contribution in [0, 0.1) is 0 Å². The summed E-state index contributed by atoms with van der Waals surface area (Å²) in [6, 6.07) is 8.47. The summed E-state index contributed by atoms with van der Waals surface area (Å²) in [5.41, 5.74) is 6.90. The molecule has 0 radical (unpaired) electrons. The molecular formula is C11H15NS. The van der Waals surface area contributed by atoms with Gasteiger partial charge in [0.25, 0.3) is 0 Å². The summed E-state index contributed by atoms with van der Waals surface area (Å²) in [6.07, 6.45) is 0.990. The Balaban J connectivity index is 0.000000845. The highest BCUT2D eigenvalue weighted by molar-refractivity contribution is 7.17. The quantitative estimate of drug-likeness (QED) is 0.779. The monoisotopic (exact) mass is 193 g/mol. The molecule has 2 rings (SSSR count). The maximum Gasteiger partial charge on any atom is 0.0345 e. The Morgan fingerprint density at radius 3 is 2.77 bits per heavy atom. The minimum absolute atomic E-state index is 0. The second-order valence-corrected chi connectivity index (χ2v) is 3.71. The van der Waals surface area contributed by atoms with E-state index in [0.29, 0.717) is 0 Å². The summed E-state index contributed by atoms with van der Waals surface area (Å²) in [5, 5.41) is 3.57. The molecule has 1 aromatic heterocycles. The molecule has 1 nitrogen and oxygen atoms in total. The van der Waals surface area contributed by atoms with E-state index in [9.17, 15) is 0 Å². The number of hydrogen-bond donors (Lipinski definition) is 1. The average molecular weight is 193 g/mol. The van der Waals surface area contributed by atoms with Gasteiger partial charge < -0.3 is 5.73 Å². The Kier molecular flexibility index (Phi) is 3.46. The Labute approximate surface area is 83.2 Å². The van der Waals surface area contributed by atoms with Gasteiger partial charge in [0.15, 0.2) is 0 Å². The number of thiophene rings is 1. The van der Waals surface area contributed by atoms with E-state index in [1.54, 1.807) is 11.3 Å². The van der Waals surface area contributed by atoms with Crippen molar-refractivity contribution in [3.8, 4) is 0 Å². The zero-order chi connectivity index (χ0) is 8.39. The smallest absolute Gasteiger partial charge is 0.0345 e. The van der Waals surface area contributed by atoms with Gasteiger partial charge in [0.05, 0.1) is 0 Å². The highest BCUT2D eigenvalue weighted by atomic mass is 32.1. The minimum Gasteiger partial charge on any atom is -0.330 e. The Morgan fingerprint density at radius 2 is 2.00 bits per heavy atom. The predicted octanol–water partition coefficient (Wildman–Crippen LogP) is 3.04. The molecule has 0 spiro atoms. The van der Waals surface area contributed by atoms with Crippen LogP contribution in [0.25, 0.3) is 10.1 Å². The van der Waals surface area contributed by atoms with Crippen molar-refractivity contribution in [1.82, 2.24) is 0 Å². The molecular weight excluding hydrogens is 178 g/mol. The van der Waals surface area contributed by atoms with Gasteiger partial charge in [-0.05, 0) is 35.4 Å². The second kappa shape index (κ2) is 4.40. The van der Waals surface area contributed by atoms with Crippen molar-refractivity contribution in [2.24, 2.45) is 5.73 Å². The van der Waals surface area contributed by atoms with Gasteiger partial charge in [-0.25, -0.2) is 0 Å². The van der Waals surface area contributed by atoms with Gasteiger partial charge >= 0.3 is 0 Å². The number of benzene rings is 1. The molecule has 2 N–H and O–H groups in total. The highest BCUT2D eigenvalue weighted by Crippen LogP contribution is 2.25. The predicted molar refractivity (Wildman–Crippen MR) is 61.3 cm³/mol. The van der Waals surface area contributed by atoms with Crippen LogP contribution in [0.15, 0.2) is 29.6 Å². The van der Waals surface area contributed by atoms with E-state index in [4.69, 9.17) is 5.73 Å². The van der Waals surface area contributed by atoms with E-state index in [0.717, 1.165) is 13.0 Å². The lowest BCUT2D eigenvalue weighted by Crippen LogP contribution is -2.01. The minimum atomic E-state index is 0. The third-order valence-corrected chi connectivity index (χ3v) is 2.99. The Morgan fingerprint density at radius 1 is 1.23 bits per heavy atom. The van der Waals surface area contributed by atoms with Crippen molar-refractivity contribution in [3.63, 3.8) is 0 Å². The zero-order valence-corrected chi connectivity index (χ0v) is 7.60. The third kappa shape index (κ3) is 1.90. The lowest BCUT2D eigenvalue weighted by atomic mass is 10.1. The van der Waals surface area contributed by atoms with E-state index in [1.165, 1.54) is 15.6 Å². The van der Waals surface area contributed by atoms with Crippen molar-refractivity contribution in [2.75, 3.05) is 6.54 Å². The first-order chi connectivity index (χ1) is 5.92. The molecule has 70 valence electrons. The lowest BCUT2D eigenvalue weighted by molar-refractivity contribution is 0.981. The van der Waals surface area contributed by atoms with Crippen LogP contribution in [-0.4, -0.2) is 6.54 Å². The fourth-order valence-electron chi connectivity index (χ4n) is 1.38. The van der Waals surface area contributed by atoms with E-state index in [-0.39, 0.29) is 7.43 Å². The molecule has 0 atom stereocenters. The van der Waals surface area contributed by atoms with Crippen molar-refractivity contribution in [3.05, 3.63) is 35.2 Å². The van der Waals surface area contributed by atoms with E-state index in [2.05, 4.69) is 29.6 Å². The summed E-state index contributed by atoms with van der Waals surface area (Å²) < 4.78 is 1.36.